The molecule has 0 saturated carbocycles. The molecule has 0 aliphatic carbocycles. The number of hydrogen-bond acceptors (Lipinski definition) is 3. The average molecular weight is 400 g/mol. The van der Waals surface area contributed by atoms with Crippen LogP contribution in [-0.4, -0.2) is 11.0 Å². The fourth-order valence-electron chi connectivity index (χ4n) is 1.83. The molecule has 2 unspecified atom stereocenters. The van der Waals surface area contributed by atoms with Gasteiger partial charge >= 0.3 is 0 Å². The summed E-state index contributed by atoms with van der Waals surface area (Å²) in [5.41, 5.74) is 7.03. The molecule has 2 aromatic rings. The van der Waals surface area contributed by atoms with Gasteiger partial charge in [-0.3, -0.25) is 4.98 Å². The van der Waals surface area contributed by atoms with Crippen molar-refractivity contribution in [3.05, 3.63) is 57.2 Å². The number of hydrogen-bond donors (Lipinski definition) is 1. The first-order valence-electron chi connectivity index (χ1n) is 6.40. The molecule has 5 heteroatoms. The molecular weight excluding hydrogens is 384 g/mol. The quantitative estimate of drug-likeness (QED) is 0.806. The summed E-state index contributed by atoms with van der Waals surface area (Å²) in [5, 5.41) is 0. The normalized spacial score (nSPS) is 13.8. The second kappa shape index (κ2) is 7.20. The topological polar surface area (TPSA) is 48.1 Å². The molecule has 0 aliphatic rings. The molecular formula is C15H16Br2N2O. The first-order chi connectivity index (χ1) is 9.61. The van der Waals surface area contributed by atoms with Gasteiger partial charge in [-0.15, -0.1) is 0 Å². The Bertz CT molecular complexity index is 563. The summed E-state index contributed by atoms with van der Waals surface area (Å²) in [4.78, 5) is 4.36. The molecule has 2 rings (SSSR count). The van der Waals surface area contributed by atoms with Gasteiger partial charge in [0.15, 0.2) is 6.10 Å². The van der Waals surface area contributed by atoms with Gasteiger partial charge in [-0.25, -0.2) is 0 Å². The summed E-state index contributed by atoms with van der Waals surface area (Å²) >= 11 is 6.93. The molecule has 0 radical (unpaired) electrons. The number of benzene rings is 1. The van der Waals surface area contributed by atoms with Crippen molar-refractivity contribution in [2.45, 2.75) is 25.5 Å². The number of aromatic nitrogens is 1. The van der Waals surface area contributed by atoms with Crippen LogP contribution < -0.4 is 10.5 Å². The summed E-state index contributed by atoms with van der Waals surface area (Å²) in [6, 6.07) is 11.4. The highest BCUT2D eigenvalue weighted by molar-refractivity contribution is 9.11. The third kappa shape index (κ3) is 3.81. The number of nitrogens with two attached hydrogens (primary N) is 1. The molecule has 0 amide bonds. The third-order valence-electron chi connectivity index (χ3n) is 2.99. The molecule has 3 nitrogen and oxygen atoms in total. The van der Waals surface area contributed by atoms with Gasteiger partial charge in [0, 0.05) is 16.7 Å². The van der Waals surface area contributed by atoms with E-state index in [2.05, 4.69) is 36.8 Å². The van der Waals surface area contributed by atoms with E-state index in [1.807, 2.05) is 43.3 Å². The highest BCUT2D eigenvalue weighted by Crippen LogP contribution is 2.32. The highest BCUT2D eigenvalue weighted by atomic mass is 79.9. The van der Waals surface area contributed by atoms with E-state index in [4.69, 9.17) is 10.5 Å². The van der Waals surface area contributed by atoms with E-state index in [0.717, 1.165) is 26.8 Å². The Morgan fingerprint density at radius 2 is 2.05 bits per heavy atom. The van der Waals surface area contributed by atoms with Crippen LogP contribution >= 0.6 is 31.9 Å². The molecule has 0 saturated heterocycles. The monoisotopic (exact) mass is 398 g/mol. The van der Waals surface area contributed by atoms with Gasteiger partial charge in [0.1, 0.15) is 5.75 Å². The number of rotatable bonds is 5. The molecule has 2 N–H and O–H groups in total. The van der Waals surface area contributed by atoms with E-state index in [1.54, 1.807) is 6.20 Å². The van der Waals surface area contributed by atoms with Gasteiger partial charge in [0.2, 0.25) is 0 Å². The predicted octanol–water partition coefficient (Wildman–Crippen LogP) is 4.46. The zero-order valence-corrected chi connectivity index (χ0v) is 14.3. The summed E-state index contributed by atoms with van der Waals surface area (Å²) in [7, 11) is 0. The molecule has 0 bridgehead atoms. The molecule has 0 fully saturated rings. The lowest BCUT2D eigenvalue weighted by Crippen LogP contribution is -2.32. The second-order valence-electron chi connectivity index (χ2n) is 4.44. The lowest BCUT2D eigenvalue weighted by atomic mass is 10.1. The van der Waals surface area contributed by atoms with Crippen LogP contribution in [0.1, 0.15) is 25.1 Å². The van der Waals surface area contributed by atoms with Crippen molar-refractivity contribution in [2.75, 3.05) is 0 Å². The number of nitrogens with zero attached hydrogens (tertiary/aromatic N) is 1. The minimum absolute atomic E-state index is 0.111. The molecule has 0 aliphatic heterocycles. The van der Waals surface area contributed by atoms with Crippen LogP contribution in [0.25, 0.3) is 0 Å². The molecule has 1 aromatic carbocycles. The molecule has 0 spiro atoms. The van der Waals surface area contributed by atoms with Crippen LogP contribution in [0.3, 0.4) is 0 Å². The van der Waals surface area contributed by atoms with Crippen LogP contribution in [0.4, 0.5) is 0 Å². The average Bonchev–Trinajstić information content (AvgIpc) is 2.46. The maximum atomic E-state index is 6.19. The summed E-state index contributed by atoms with van der Waals surface area (Å²) in [6.07, 6.45) is 2.30. The van der Waals surface area contributed by atoms with E-state index in [0.29, 0.717) is 0 Å². The fourth-order valence-corrected chi connectivity index (χ4v) is 2.97. The zero-order valence-electron chi connectivity index (χ0n) is 11.1. The van der Waals surface area contributed by atoms with Crippen LogP contribution in [0.5, 0.6) is 5.75 Å². The molecule has 1 aromatic heterocycles. The van der Waals surface area contributed by atoms with Crippen LogP contribution in [0, 0.1) is 0 Å². The Kier molecular flexibility index (Phi) is 5.57. The van der Waals surface area contributed by atoms with E-state index in [1.165, 1.54) is 0 Å². The Morgan fingerprint density at radius 3 is 2.65 bits per heavy atom. The van der Waals surface area contributed by atoms with Crippen molar-refractivity contribution < 1.29 is 4.74 Å². The van der Waals surface area contributed by atoms with Crippen molar-refractivity contribution in [2.24, 2.45) is 5.73 Å². The third-order valence-corrected chi connectivity index (χ3v) is 4.10. The van der Waals surface area contributed by atoms with E-state index in [9.17, 15) is 0 Å². The number of ether oxygens (including phenoxy) is 1. The van der Waals surface area contributed by atoms with Gasteiger partial charge in [-0.1, -0.05) is 28.9 Å². The minimum atomic E-state index is -0.265. The minimum Gasteiger partial charge on any atom is -0.481 e. The van der Waals surface area contributed by atoms with Crippen molar-refractivity contribution >= 4 is 31.9 Å². The van der Waals surface area contributed by atoms with Gasteiger partial charge in [-0.05, 0) is 52.7 Å². The van der Waals surface area contributed by atoms with E-state index >= 15 is 0 Å². The van der Waals surface area contributed by atoms with E-state index in [-0.39, 0.29) is 12.1 Å². The van der Waals surface area contributed by atoms with Gasteiger partial charge < -0.3 is 10.5 Å². The fraction of sp³-hybridized carbons (Fsp3) is 0.267. The smallest absolute Gasteiger partial charge is 0.155 e. The SMILES string of the molecule is CCC(N)C(Oc1ccc(Br)cc1Br)c1ccccn1. The molecule has 20 heavy (non-hydrogen) atoms. The summed E-state index contributed by atoms with van der Waals surface area (Å²) in [5.74, 6) is 0.757. The molecule has 106 valence electrons. The number of pyridine rings is 1. The van der Waals surface area contributed by atoms with Gasteiger partial charge in [0.25, 0.3) is 0 Å². The van der Waals surface area contributed by atoms with Crippen molar-refractivity contribution in [1.82, 2.24) is 4.98 Å². The molecule has 1 heterocycles. The van der Waals surface area contributed by atoms with Crippen molar-refractivity contribution in [3.8, 4) is 5.75 Å². The molecule has 2 atom stereocenters. The van der Waals surface area contributed by atoms with Crippen molar-refractivity contribution in [3.63, 3.8) is 0 Å². The first-order valence-corrected chi connectivity index (χ1v) is 7.98. The number of halogens is 2. The van der Waals surface area contributed by atoms with Crippen LogP contribution in [-0.2, 0) is 0 Å². The van der Waals surface area contributed by atoms with Gasteiger partial charge in [0.05, 0.1) is 10.2 Å². The summed E-state index contributed by atoms with van der Waals surface area (Å²) < 4.78 is 7.96. The zero-order chi connectivity index (χ0) is 14.5. The second-order valence-corrected chi connectivity index (χ2v) is 6.21. The lowest BCUT2D eigenvalue weighted by molar-refractivity contribution is 0.165. The van der Waals surface area contributed by atoms with Crippen LogP contribution in [0.2, 0.25) is 0 Å². The maximum Gasteiger partial charge on any atom is 0.155 e. The Labute approximate surface area is 135 Å². The maximum absolute atomic E-state index is 6.19. The lowest BCUT2D eigenvalue weighted by Gasteiger charge is -2.24. The predicted molar refractivity (Wildman–Crippen MR) is 87.7 cm³/mol. The van der Waals surface area contributed by atoms with Gasteiger partial charge in [-0.2, -0.15) is 0 Å². The Balaban J connectivity index is 2.29. The Morgan fingerprint density at radius 1 is 1.25 bits per heavy atom. The van der Waals surface area contributed by atoms with Crippen molar-refractivity contribution in [1.29, 1.82) is 0 Å². The van der Waals surface area contributed by atoms with E-state index < -0.39 is 0 Å². The largest absolute Gasteiger partial charge is 0.481 e. The van der Waals surface area contributed by atoms with Crippen LogP contribution in [0.15, 0.2) is 51.5 Å². The first kappa shape index (κ1) is 15.5. The standard InChI is InChI=1S/C15H16Br2N2O/c1-2-12(18)15(13-5-3-4-8-19-13)20-14-7-6-10(16)9-11(14)17/h3-9,12,15H,2,18H2,1H3. The highest BCUT2D eigenvalue weighted by Gasteiger charge is 2.22. The summed E-state index contributed by atoms with van der Waals surface area (Å²) in [6.45, 7) is 2.04. The Hall–Kier alpha value is -0.910.